The van der Waals surface area contributed by atoms with Gasteiger partial charge in [0.15, 0.2) is 11.7 Å². The van der Waals surface area contributed by atoms with Crippen molar-refractivity contribution in [2.75, 3.05) is 16.9 Å². The van der Waals surface area contributed by atoms with Crippen molar-refractivity contribution in [1.29, 1.82) is 0 Å². The molecule has 0 bridgehead atoms. The van der Waals surface area contributed by atoms with Crippen LogP contribution >= 0.6 is 34.4 Å². The van der Waals surface area contributed by atoms with E-state index in [9.17, 15) is 0 Å². The Balaban J connectivity index is 0.00000235. The first-order chi connectivity index (χ1) is 18.8. The van der Waals surface area contributed by atoms with E-state index in [2.05, 4.69) is 98.8 Å². The van der Waals surface area contributed by atoms with E-state index < -0.39 is 0 Å². The molecule has 2 unspecified atom stereocenters. The molecule has 0 radical (unpaired) electrons. The zero-order valence-electron chi connectivity index (χ0n) is 20.9. The number of thioether (sulfide) groups is 1. The van der Waals surface area contributed by atoms with E-state index in [1.54, 1.807) is 11.3 Å². The molecule has 39 heavy (non-hydrogen) atoms. The fraction of sp³-hybridized carbons (Fsp3) is 0.200. The lowest BCUT2D eigenvalue weighted by molar-refractivity contribution is -0.673. The number of anilines is 2. The van der Waals surface area contributed by atoms with E-state index in [4.69, 9.17) is 4.98 Å². The maximum atomic E-state index is 4.97. The molecule has 5 aromatic rings. The molecule has 0 saturated heterocycles. The van der Waals surface area contributed by atoms with Crippen LogP contribution in [0.15, 0.2) is 94.4 Å². The summed E-state index contributed by atoms with van der Waals surface area (Å²) in [5.74, 6) is 0. The van der Waals surface area contributed by atoms with E-state index in [0.717, 1.165) is 36.6 Å². The van der Waals surface area contributed by atoms with Gasteiger partial charge in [0.2, 0.25) is 5.52 Å². The average Bonchev–Trinajstić information content (AvgIpc) is 3.65. The third-order valence-electron chi connectivity index (χ3n) is 8.18. The fourth-order valence-corrected chi connectivity index (χ4v) is 9.88. The maximum Gasteiger partial charge on any atom is 0.267 e. The van der Waals surface area contributed by atoms with Gasteiger partial charge < -0.3 is 21.9 Å². The molecule has 2 atom stereocenters. The van der Waals surface area contributed by atoms with Gasteiger partial charge in [0.25, 0.3) is 5.01 Å². The number of hydrogen-bond donors (Lipinski definition) is 1. The van der Waals surface area contributed by atoms with Crippen molar-refractivity contribution < 1.29 is 21.5 Å². The molecule has 194 valence electrons. The lowest BCUT2D eigenvalue weighted by Crippen LogP contribution is -3.00. The van der Waals surface area contributed by atoms with Gasteiger partial charge in [-0.05, 0) is 42.8 Å². The molecule has 0 fully saturated rings. The molecular formula is C30H24BrN5S3. The van der Waals surface area contributed by atoms with E-state index in [1.165, 1.54) is 46.7 Å². The highest BCUT2D eigenvalue weighted by Gasteiger charge is 2.47. The summed E-state index contributed by atoms with van der Waals surface area (Å²) in [5, 5.41) is 6.33. The monoisotopic (exact) mass is 629 g/mol. The minimum Gasteiger partial charge on any atom is -1.00 e. The van der Waals surface area contributed by atoms with Gasteiger partial charge in [-0.15, -0.1) is 0 Å². The van der Waals surface area contributed by atoms with Crippen LogP contribution in [0.5, 0.6) is 0 Å². The van der Waals surface area contributed by atoms with Crippen LogP contribution in [-0.4, -0.2) is 28.6 Å². The topological polar surface area (TPSA) is 35.3 Å². The summed E-state index contributed by atoms with van der Waals surface area (Å²) in [4.78, 5) is 8.88. The van der Waals surface area contributed by atoms with Crippen LogP contribution in [0.4, 0.5) is 10.8 Å². The summed E-state index contributed by atoms with van der Waals surface area (Å²) in [6, 6.07) is 26.8. The van der Waals surface area contributed by atoms with Crippen LogP contribution in [0.2, 0.25) is 0 Å². The van der Waals surface area contributed by atoms with Gasteiger partial charge in [0.1, 0.15) is 4.70 Å². The number of aryl methyl sites for hydroxylation is 1. The fourth-order valence-electron chi connectivity index (χ4n) is 6.51. The molecule has 4 aliphatic rings. The number of halogens is 1. The summed E-state index contributed by atoms with van der Waals surface area (Å²) in [7, 11) is 0. The van der Waals surface area contributed by atoms with Crippen molar-refractivity contribution in [3.05, 3.63) is 94.5 Å². The van der Waals surface area contributed by atoms with Crippen molar-refractivity contribution in [3.8, 4) is 0 Å². The Labute approximate surface area is 249 Å². The first-order valence-corrected chi connectivity index (χ1v) is 15.6. The number of thiazole rings is 2. The number of hydrazine groups is 1. The Morgan fingerprint density at radius 1 is 0.872 bits per heavy atom. The third-order valence-corrected chi connectivity index (χ3v) is 11.6. The molecule has 0 saturated carbocycles. The van der Waals surface area contributed by atoms with Gasteiger partial charge in [-0.2, -0.15) is 4.57 Å². The second-order valence-electron chi connectivity index (χ2n) is 10.2. The lowest BCUT2D eigenvalue weighted by atomic mass is 9.86. The van der Waals surface area contributed by atoms with Crippen molar-refractivity contribution in [1.82, 2.24) is 9.99 Å². The number of aromatic nitrogens is 2. The Kier molecular flexibility index (Phi) is 5.68. The largest absolute Gasteiger partial charge is 1.00 e. The van der Waals surface area contributed by atoms with E-state index in [-0.39, 0.29) is 17.0 Å². The SMILES string of the molecule is C1=C2c3sc4ccccc4[n+]3CCC2N(Nc2nc3ccccc3s2)C2CCN3C(=C12)Sc1ccccc13.[Br-]. The smallest absolute Gasteiger partial charge is 0.267 e. The number of hydrogen-bond acceptors (Lipinski definition) is 7. The van der Waals surface area contributed by atoms with Crippen LogP contribution in [0.1, 0.15) is 17.8 Å². The molecule has 2 aromatic heterocycles. The first kappa shape index (κ1) is 24.1. The Bertz CT molecular complexity index is 1810. The summed E-state index contributed by atoms with van der Waals surface area (Å²) in [6.07, 6.45) is 4.71. The quantitative estimate of drug-likeness (QED) is 0.300. The molecule has 1 N–H and O–H groups in total. The van der Waals surface area contributed by atoms with Gasteiger partial charge in [-0.1, -0.05) is 70.8 Å². The highest BCUT2D eigenvalue weighted by molar-refractivity contribution is 8.03. The molecular weight excluding hydrogens is 606 g/mol. The molecule has 6 heterocycles. The van der Waals surface area contributed by atoms with E-state index in [1.807, 2.05) is 23.1 Å². The molecule has 5 nitrogen and oxygen atoms in total. The first-order valence-electron chi connectivity index (χ1n) is 13.1. The molecule has 0 spiro atoms. The van der Waals surface area contributed by atoms with Gasteiger partial charge in [0.05, 0.1) is 38.6 Å². The Hall–Kier alpha value is -2.69. The van der Waals surface area contributed by atoms with Gasteiger partial charge in [-0.25, -0.2) is 9.99 Å². The number of fused-ring (bicyclic) bond motifs is 10. The maximum absolute atomic E-state index is 4.97. The molecule has 3 aromatic carbocycles. The molecule has 9 heteroatoms. The molecule has 0 amide bonds. The van der Waals surface area contributed by atoms with Crippen molar-refractivity contribution in [2.24, 2.45) is 0 Å². The van der Waals surface area contributed by atoms with Gasteiger partial charge >= 0.3 is 0 Å². The van der Waals surface area contributed by atoms with Crippen LogP contribution in [0, 0.1) is 0 Å². The zero-order chi connectivity index (χ0) is 24.8. The molecule has 0 aliphatic carbocycles. The molecule has 4 aliphatic heterocycles. The second-order valence-corrected chi connectivity index (χ2v) is 13.3. The second kappa shape index (κ2) is 9.17. The van der Waals surface area contributed by atoms with Crippen molar-refractivity contribution in [3.63, 3.8) is 0 Å². The summed E-state index contributed by atoms with van der Waals surface area (Å²) < 4.78 is 5.13. The standard InChI is InChI=1S/C30H24N5S3.BrH/c1-4-10-25-20(7-1)31-30(38-25)32-35-21-13-15-33-23-8-2-5-11-26(23)36-28(33)18(21)17-19-22(35)14-16-34-24-9-3-6-12-27(24)37-29(19)34;/h1-12,17,21-22H,13-16H2,(H,31,32);1H/q+1;/p-1. The lowest BCUT2D eigenvalue weighted by Gasteiger charge is -2.46. The van der Waals surface area contributed by atoms with Crippen LogP contribution in [0.3, 0.4) is 0 Å². The number of rotatable bonds is 2. The third kappa shape index (κ3) is 3.60. The summed E-state index contributed by atoms with van der Waals surface area (Å²) in [5.41, 5.74) is 10.5. The predicted molar refractivity (Wildman–Crippen MR) is 159 cm³/mol. The van der Waals surface area contributed by atoms with E-state index in [0.29, 0.717) is 12.1 Å². The Morgan fingerprint density at radius 2 is 1.69 bits per heavy atom. The average molecular weight is 631 g/mol. The van der Waals surface area contributed by atoms with E-state index >= 15 is 0 Å². The van der Waals surface area contributed by atoms with Crippen LogP contribution < -0.4 is 31.9 Å². The van der Waals surface area contributed by atoms with Gasteiger partial charge in [-0.3, -0.25) is 5.43 Å². The number of para-hydroxylation sites is 3. The molecule has 9 rings (SSSR count). The minimum atomic E-state index is 0. The van der Waals surface area contributed by atoms with Crippen LogP contribution in [0.25, 0.3) is 26.0 Å². The normalized spacial score (nSPS) is 21.5. The summed E-state index contributed by atoms with van der Waals surface area (Å²) in [6.45, 7) is 2.06. The number of nitrogens with one attached hydrogen (secondary N) is 1. The number of benzene rings is 3. The predicted octanol–water partition coefficient (Wildman–Crippen LogP) is 3.90. The van der Waals surface area contributed by atoms with Crippen molar-refractivity contribution >= 4 is 71.3 Å². The minimum absolute atomic E-state index is 0. The number of nitrogens with zero attached hydrogens (tertiary/aromatic N) is 4. The van der Waals surface area contributed by atoms with Gasteiger partial charge in [0, 0.05) is 29.5 Å². The summed E-state index contributed by atoms with van der Waals surface area (Å²) >= 11 is 5.62. The highest BCUT2D eigenvalue weighted by atomic mass is 79.9. The van der Waals surface area contributed by atoms with Crippen LogP contribution in [-0.2, 0) is 6.54 Å². The zero-order valence-corrected chi connectivity index (χ0v) is 24.9. The van der Waals surface area contributed by atoms with Crippen molar-refractivity contribution in [2.45, 2.75) is 36.4 Å². The Morgan fingerprint density at radius 3 is 2.62 bits per heavy atom. The highest BCUT2D eigenvalue weighted by Crippen LogP contribution is 2.52.